The number of furan rings is 1. The summed E-state index contributed by atoms with van der Waals surface area (Å²) in [6.07, 6.45) is 3.84. The lowest BCUT2D eigenvalue weighted by Crippen LogP contribution is -2.42. The van der Waals surface area contributed by atoms with E-state index in [-0.39, 0.29) is 24.3 Å². The second kappa shape index (κ2) is 5.25. The van der Waals surface area contributed by atoms with E-state index < -0.39 is 5.97 Å². The van der Waals surface area contributed by atoms with Crippen molar-refractivity contribution in [3.8, 4) is 0 Å². The van der Waals surface area contributed by atoms with Crippen molar-refractivity contribution in [3.05, 3.63) is 23.7 Å². The van der Waals surface area contributed by atoms with Crippen molar-refractivity contribution in [2.75, 3.05) is 6.54 Å². The Balaban J connectivity index is 2.17. The van der Waals surface area contributed by atoms with Gasteiger partial charge in [-0.2, -0.15) is 0 Å². The number of carbonyl (C=O) groups excluding carboxylic acids is 1. The minimum atomic E-state index is -0.987. The largest absolute Gasteiger partial charge is 0.480 e. The van der Waals surface area contributed by atoms with E-state index in [1.54, 1.807) is 19.1 Å². The van der Waals surface area contributed by atoms with Gasteiger partial charge in [-0.25, -0.2) is 0 Å². The van der Waals surface area contributed by atoms with Crippen LogP contribution in [0.15, 0.2) is 16.5 Å². The summed E-state index contributed by atoms with van der Waals surface area (Å²) < 4.78 is 5.28. The van der Waals surface area contributed by atoms with Gasteiger partial charge in [0.2, 0.25) is 0 Å². The fraction of sp³-hybridized carbons (Fsp3) is 0.538. The molecule has 1 saturated carbocycles. The van der Waals surface area contributed by atoms with Crippen LogP contribution in [-0.4, -0.2) is 34.5 Å². The Morgan fingerprint density at radius 3 is 2.56 bits per heavy atom. The molecule has 0 atom stereocenters. The summed E-state index contributed by atoms with van der Waals surface area (Å²) in [7, 11) is 0. The molecule has 1 aromatic rings. The highest BCUT2D eigenvalue weighted by Gasteiger charge is 2.30. The third-order valence-corrected chi connectivity index (χ3v) is 3.28. The van der Waals surface area contributed by atoms with Crippen molar-refractivity contribution < 1.29 is 19.1 Å². The Bertz CT molecular complexity index is 446. The molecule has 0 spiro atoms. The lowest BCUT2D eigenvalue weighted by atomic mass is 10.2. The average molecular weight is 251 g/mol. The van der Waals surface area contributed by atoms with Crippen LogP contribution in [0.1, 0.15) is 42.0 Å². The molecule has 1 aliphatic carbocycles. The van der Waals surface area contributed by atoms with Gasteiger partial charge in [0.15, 0.2) is 5.76 Å². The van der Waals surface area contributed by atoms with Crippen molar-refractivity contribution in [3.63, 3.8) is 0 Å². The molecule has 0 aromatic carbocycles. The zero-order valence-electron chi connectivity index (χ0n) is 10.4. The van der Waals surface area contributed by atoms with Gasteiger partial charge in [-0.3, -0.25) is 9.59 Å². The summed E-state index contributed by atoms with van der Waals surface area (Å²) in [4.78, 5) is 24.6. The van der Waals surface area contributed by atoms with Gasteiger partial charge in [0.25, 0.3) is 5.91 Å². The molecule has 1 aromatic heterocycles. The number of carbonyl (C=O) groups is 2. The molecule has 1 aliphatic rings. The van der Waals surface area contributed by atoms with Gasteiger partial charge in [0.05, 0.1) is 0 Å². The molecule has 1 heterocycles. The van der Waals surface area contributed by atoms with Crippen molar-refractivity contribution >= 4 is 11.9 Å². The van der Waals surface area contributed by atoms with Gasteiger partial charge < -0.3 is 14.4 Å². The van der Waals surface area contributed by atoms with Gasteiger partial charge in [-0.05, 0) is 31.9 Å². The molecule has 0 saturated heterocycles. The van der Waals surface area contributed by atoms with Crippen molar-refractivity contribution in [2.45, 2.75) is 38.6 Å². The van der Waals surface area contributed by atoms with Crippen LogP contribution in [0.4, 0.5) is 0 Å². The van der Waals surface area contributed by atoms with Crippen LogP contribution >= 0.6 is 0 Å². The maximum Gasteiger partial charge on any atom is 0.323 e. The first kappa shape index (κ1) is 12.7. The highest BCUT2D eigenvalue weighted by molar-refractivity contribution is 5.93. The molecule has 18 heavy (non-hydrogen) atoms. The SMILES string of the molecule is Cc1ccc(C(=O)N(CC(=O)O)C2CCCC2)o1. The molecular weight excluding hydrogens is 234 g/mol. The number of carboxylic acid groups (broad SMARTS) is 1. The number of hydrogen-bond acceptors (Lipinski definition) is 3. The van der Waals surface area contributed by atoms with E-state index in [2.05, 4.69) is 0 Å². The number of aryl methyl sites for hydroxylation is 1. The summed E-state index contributed by atoms with van der Waals surface area (Å²) in [5.41, 5.74) is 0. The van der Waals surface area contributed by atoms with E-state index in [0.717, 1.165) is 25.7 Å². The predicted molar refractivity (Wildman–Crippen MR) is 64.4 cm³/mol. The first-order valence-corrected chi connectivity index (χ1v) is 6.17. The second-order valence-corrected chi connectivity index (χ2v) is 4.68. The van der Waals surface area contributed by atoms with E-state index in [4.69, 9.17) is 9.52 Å². The molecule has 5 nitrogen and oxygen atoms in total. The number of hydrogen-bond donors (Lipinski definition) is 1. The summed E-state index contributed by atoms with van der Waals surface area (Å²) in [5, 5.41) is 8.92. The molecule has 1 amide bonds. The van der Waals surface area contributed by atoms with E-state index in [1.165, 1.54) is 4.90 Å². The Labute approximate surface area is 105 Å². The summed E-state index contributed by atoms with van der Waals surface area (Å²) in [6, 6.07) is 3.33. The summed E-state index contributed by atoms with van der Waals surface area (Å²) >= 11 is 0. The zero-order chi connectivity index (χ0) is 13.1. The number of carboxylic acids is 1. The minimum absolute atomic E-state index is 0.0269. The molecule has 0 aliphatic heterocycles. The monoisotopic (exact) mass is 251 g/mol. The Kier molecular flexibility index (Phi) is 3.69. The molecule has 0 bridgehead atoms. The Hall–Kier alpha value is -1.78. The Morgan fingerprint density at radius 1 is 1.39 bits per heavy atom. The molecule has 1 N–H and O–H groups in total. The molecule has 5 heteroatoms. The van der Waals surface area contributed by atoms with Gasteiger partial charge in [0, 0.05) is 6.04 Å². The molecule has 98 valence electrons. The number of aliphatic carboxylic acids is 1. The van der Waals surface area contributed by atoms with Crippen molar-refractivity contribution in [1.82, 2.24) is 4.90 Å². The van der Waals surface area contributed by atoms with E-state index >= 15 is 0 Å². The predicted octanol–water partition coefficient (Wildman–Crippen LogP) is 2.06. The van der Waals surface area contributed by atoms with Crippen LogP contribution in [0.5, 0.6) is 0 Å². The molecule has 0 unspecified atom stereocenters. The highest BCUT2D eigenvalue weighted by Crippen LogP contribution is 2.25. The maximum atomic E-state index is 12.2. The van der Waals surface area contributed by atoms with E-state index in [9.17, 15) is 9.59 Å². The van der Waals surface area contributed by atoms with Crippen molar-refractivity contribution in [2.24, 2.45) is 0 Å². The lowest BCUT2D eigenvalue weighted by Gasteiger charge is -2.26. The van der Waals surface area contributed by atoms with E-state index in [0.29, 0.717) is 5.76 Å². The van der Waals surface area contributed by atoms with Crippen LogP contribution < -0.4 is 0 Å². The van der Waals surface area contributed by atoms with Crippen LogP contribution in [0.3, 0.4) is 0 Å². The lowest BCUT2D eigenvalue weighted by molar-refractivity contribution is -0.138. The summed E-state index contributed by atoms with van der Waals surface area (Å²) in [6.45, 7) is 1.50. The quantitative estimate of drug-likeness (QED) is 0.889. The fourth-order valence-electron chi connectivity index (χ4n) is 2.42. The van der Waals surface area contributed by atoms with E-state index in [1.807, 2.05) is 0 Å². The smallest absolute Gasteiger partial charge is 0.323 e. The number of amides is 1. The fourth-order valence-corrected chi connectivity index (χ4v) is 2.42. The average Bonchev–Trinajstić information content (AvgIpc) is 2.95. The second-order valence-electron chi connectivity index (χ2n) is 4.68. The van der Waals surface area contributed by atoms with Crippen LogP contribution in [0.25, 0.3) is 0 Å². The number of nitrogens with zero attached hydrogens (tertiary/aromatic N) is 1. The number of rotatable bonds is 4. The van der Waals surface area contributed by atoms with Crippen LogP contribution in [0.2, 0.25) is 0 Å². The first-order valence-electron chi connectivity index (χ1n) is 6.17. The highest BCUT2D eigenvalue weighted by atomic mass is 16.4. The molecule has 1 fully saturated rings. The third-order valence-electron chi connectivity index (χ3n) is 3.28. The minimum Gasteiger partial charge on any atom is -0.480 e. The van der Waals surface area contributed by atoms with Gasteiger partial charge in [-0.15, -0.1) is 0 Å². The van der Waals surface area contributed by atoms with Gasteiger partial charge in [0.1, 0.15) is 12.3 Å². The molecule has 2 rings (SSSR count). The topological polar surface area (TPSA) is 70.8 Å². The summed E-state index contributed by atoms with van der Waals surface area (Å²) in [5.74, 6) is -0.434. The molecular formula is C13H17NO4. The van der Waals surface area contributed by atoms with Crippen molar-refractivity contribution in [1.29, 1.82) is 0 Å². The standard InChI is InChI=1S/C13H17NO4/c1-9-6-7-11(18-9)13(17)14(8-12(15)16)10-4-2-3-5-10/h6-7,10H,2-5,8H2,1H3,(H,15,16). The van der Waals surface area contributed by atoms with Gasteiger partial charge >= 0.3 is 5.97 Å². The zero-order valence-corrected chi connectivity index (χ0v) is 10.4. The molecule has 0 radical (unpaired) electrons. The normalized spacial score (nSPS) is 15.8. The van der Waals surface area contributed by atoms with Gasteiger partial charge in [-0.1, -0.05) is 12.8 Å². The maximum absolute atomic E-state index is 12.2. The first-order chi connectivity index (χ1) is 8.58. The van der Waals surface area contributed by atoms with Crippen LogP contribution in [0, 0.1) is 6.92 Å². The third kappa shape index (κ3) is 2.72. The van der Waals surface area contributed by atoms with Crippen LogP contribution in [-0.2, 0) is 4.79 Å². The Morgan fingerprint density at radius 2 is 2.06 bits per heavy atom.